The van der Waals surface area contributed by atoms with E-state index in [0.717, 1.165) is 18.9 Å². The molecule has 4 aromatic rings. The van der Waals surface area contributed by atoms with Crippen LogP contribution in [0.2, 0.25) is 0 Å². The highest BCUT2D eigenvalue weighted by atomic mass is 32.2. The maximum Gasteiger partial charge on any atom is 0.323 e. The number of sulfonamides is 2. The molecule has 2 aromatic heterocycles. The van der Waals surface area contributed by atoms with Crippen molar-refractivity contribution < 1.29 is 46.2 Å². The highest BCUT2D eigenvalue weighted by molar-refractivity contribution is 7.89. The van der Waals surface area contributed by atoms with E-state index in [1.165, 1.54) is 54.6 Å². The number of carbonyl (C=O) groups excluding carboxylic acids is 2. The molecule has 2 aliphatic rings. The van der Waals surface area contributed by atoms with Crippen LogP contribution in [0.4, 0.5) is 0 Å². The normalized spacial score (nSPS) is 16.5. The number of nitrogens with two attached hydrogens (primary N) is 3. The molecule has 2 amide bonds. The average Bonchev–Trinajstić information content (AvgIpc) is 3.28. The van der Waals surface area contributed by atoms with Gasteiger partial charge in [-0.3, -0.25) is 33.8 Å². The predicted molar refractivity (Wildman–Crippen MR) is 236 cm³/mol. The van der Waals surface area contributed by atoms with Gasteiger partial charge in [0.1, 0.15) is 12.1 Å². The van der Waals surface area contributed by atoms with Crippen molar-refractivity contribution in [1.29, 1.82) is 0 Å². The summed E-state index contributed by atoms with van der Waals surface area (Å²) in [4.78, 5) is 77.0. The first-order valence-corrected chi connectivity index (χ1v) is 23.1. The van der Waals surface area contributed by atoms with Gasteiger partial charge in [-0.2, -0.15) is 9.44 Å². The molecule has 348 valence electrons. The molecule has 22 nitrogen and oxygen atoms in total. The van der Waals surface area contributed by atoms with E-state index in [-0.39, 0.29) is 49.8 Å². The van der Waals surface area contributed by atoms with E-state index < -0.39 is 69.0 Å². The number of hydrogen-bond donors (Lipinski definition) is 9. The van der Waals surface area contributed by atoms with Crippen LogP contribution in [-0.2, 0) is 55.6 Å². The molecule has 4 heterocycles. The number of hydrogen-bond acceptors (Lipinski definition) is 12. The number of nitrogens with one attached hydrogen (secondary N) is 4. The second-order valence-corrected chi connectivity index (χ2v) is 18.7. The Labute approximate surface area is 373 Å². The van der Waals surface area contributed by atoms with Crippen LogP contribution in [0.5, 0.6) is 0 Å². The zero-order chi connectivity index (χ0) is 47.5. The first kappa shape index (κ1) is 49.3. The number of pyridine rings is 2. The molecule has 24 heteroatoms. The minimum Gasteiger partial charge on any atom is -0.480 e. The molecule has 4 atom stereocenters. The van der Waals surface area contributed by atoms with E-state index in [4.69, 9.17) is 17.2 Å². The first-order valence-electron chi connectivity index (χ1n) is 20.2. The quantitative estimate of drug-likeness (QED) is 0.0424. The van der Waals surface area contributed by atoms with Crippen LogP contribution in [0.15, 0.2) is 109 Å². The van der Waals surface area contributed by atoms with Gasteiger partial charge in [-0.1, -0.05) is 36.4 Å². The summed E-state index contributed by atoms with van der Waals surface area (Å²) in [7, 11) is -8.20. The van der Waals surface area contributed by atoms with Crippen LogP contribution in [0.3, 0.4) is 0 Å². The van der Waals surface area contributed by atoms with Crippen LogP contribution >= 0.6 is 0 Å². The summed E-state index contributed by atoms with van der Waals surface area (Å²) < 4.78 is 56.9. The number of guanidine groups is 1. The second kappa shape index (κ2) is 21.8. The van der Waals surface area contributed by atoms with E-state index in [1.807, 2.05) is 0 Å². The second-order valence-electron chi connectivity index (χ2n) is 15.2. The van der Waals surface area contributed by atoms with Gasteiger partial charge in [-0.25, -0.2) is 16.8 Å². The highest BCUT2D eigenvalue weighted by Gasteiger charge is 2.29. The molecular formula is C41H50N10O12S2. The fourth-order valence-corrected chi connectivity index (χ4v) is 9.46. The van der Waals surface area contributed by atoms with Crippen LogP contribution in [0.25, 0.3) is 0 Å². The largest absolute Gasteiger partial charge is 0.480 e. The van der Waals surface area contributed by atoms with Gasteiger partial charge in [0.25, 0.3) is 22.9 Å². The van der Waals surface area contributed by atoms with E-state index in [1.54, 1.807) is 33.4 Å². The predicted octanol–water partition coefficient (Wildman–Crippen LogP) is -1.62. The Bertz CT molecular complexity index is 2760. The minimum atomic E-state index is -4.11. The van der Waals surface area contributed by atoms with Gasteiger partial charge < -0.3 is 47.2 Å². The monoisotopic (exact) mass is 938 g/mol. The molecule has 2 unspecified atom stereocenters. The molecule has 2 aliphatic heterocycles. The van der Waals surface area contributed by atoms with Crippen molar-refractivity contribution >= 4 is 49.8 Å². The number of aliphatic carboxylic acids is 2. The number of aliphatic imine (C=N–C) groups is 1. The molecule has 65 heavy (non-hydrogen) atoms. The van der Waals surface area contributed by atoms with Gasteiger partial charge >= 0.3 is 11.9 Å². The Kier molecular flexibility index (Phi) is 16.5. The number of fused-ring (bicyclic) bond motifs is 2. The smallest absolute Gasteiger partial charge is 0.323 e. The maximum atomic E-state index is 12.6. The minimum absolute atomic E-state index is 0.0177. The summed E-state index contributed by atoms with van der Waals surface area (Å²) in [5, 5.41) is 23.6. The van der Waals surface area contributed by atoms with Gasteiger partial charge in [-0.15, -0.1) is 0 Å². The summed E-state index contributed by atoms with van der Waals surface area (Å²) >= 11 is 0. The number of nitrogens with zero attached hydrogens (tertiary/aromatic N) is 3. The zero-order valence-electron chi connectivity index (χ0n) is 34.8. The van der Waals surface area contributed by atoms with Gasteiger partial charge in [0.05, 0.1) is 9.79 Å². The van der Waals surface area contributed by atoms with E-state index in [0.29, 0.717) is 50.4 Å². The van der Waals surface area contributed by atoms with Crippen LogP contribution in [0.1, 0.15) is 44.9 Å². The topological polar surface area (TPSA) is 360 Å². The number of aryl methyl sites for hydroxylation is 2. The lowest BCUT2D eigenvalue weighted by molar-refractivity contribution is -0.139. The molecule has 0 spiro atoms. The SMILES string of the molecule is NC(N)=NCC1CCc2cc(C(=O)NC[C@H](NS(=O)(=O)c3ccccc3)C(=O)O)cc(=O)n2C1.NCC1CCc2cc(C(=O)NC[C@H](NS(=O)(=O)c3ccccc3)C(=O)O)cc(=O)n2C1. The molecule has 0 saturated carbocycles. The number of carbonyl (C=O) groups is 4. The standard InChI is InChI=1S/C21H26N6O6S.C20H24N4O6S/c22-21(23)25-10-13-6-7-15-8-14(9-18(28)27(15)12-13)19(29)24-11-17(20(30)31)26-34(32,33)16-4-2-1-3-5-16;21-10-13-6-7-15-8-14(9-18(25)24(15)12-13)19(26)22-11-17(20(27)28)23-31(29,30)16-4-2-1-3-5-16/h1-5,8-9,13,17,26H,6-7,10-12H2,(H,24,29)(H,30,31)(H4,22,23,25);1-5,8-9,13,17,23H,6-7,10-12,21H2,(H,22,26)(H,27,28)/t2*13?,17-/m00/s1. The average molecular weight is 939 g/mol. The van der Waals surface area contributed by atoms with Crippen molar-refractivity contribution in [1.82, 2.24) is 29.2 Å². The van der Waals surface area contributed by atoms with Gasteiger partial charge in [0, 0.05) is 67.4 Å². The van der Waals surface area contributed by atoms with Crippen molar-refractivity contribution in [2.75, 3.05) is 26.2 Å². The number of carboxylic acid groups (broad SMARTS) is 2. The lowest BCUT2D eigenvalue weighted by Crippen LogP contribution is -2.48. The fraction of sp³-hybridized carbons (Fsp3) is 0.341. The summed E-state index contributed by atoms with van der Waals surface area (Å²) in [5.74, 6) is -3.98. The molecule has 12 N–H and O–H groups in total. The van der Waals surface area contributed by atoms with Gasteiger partial charge in [0.2, 0.25) is 20.0 Å². The highest BCUT2D eigenvalue weighted by Crippen LogP contribution is 2.20. The van der Waals surface area contributed by atoms with Crippen molar-refractivity contribution in [3.8, 4) is 0 Å². The lowest BCUT2D eigenvalue weighted by atomic mass is 9.96. The van der Waals surface area contributed by atoms with Crippen molar-refractivity contribution in [2.45, 2.75) is 60.6 Å². The Morgan fingerprint density at radius 1 is 0.662 bits per heavy atom. The summed E-state index contributed by atoms with van der Waals surface area (Å²) in [6.07, 6.45) is 2.68. The Balaban J connectivity index is 0.000000245. The molecule has 2 aromatic carbocycles. The number of amides is 2. The molecule has 0 saturated heterocycles. The van der Waals surface area contributed by atoms with Crippen LogP contribution < -0.4 is 48.4 Å². The van der Waals surface area contributed by atoms with E-state index >= 15 is 0 Å². The van der Waals surface area contributed by atoms with Crippen molar-refractivity contribution in [2.24, 2.45) is 34.0 Å². The number of aromatic nitrogens is 2. The molecule has 0 aliphatic carbocycles. The molecule has 6 rings (SSSR count). The lowest BCUT2D eigenvalue weighted by Gasteiger charge is -2.25. The van der Waals surface area contributed by atoms with Crippen molar-refractivity contribution in [3.05, 3.63) is 128 Å². The Morgan fingerprint density at radius 3 is 1.45 bits per heavy atom. The molecule has 0 radical (unpaired) electrons. The third kappa shape index (κ3) is 13.4. The van der Waals surface area contributed by atoms with Crippen LogP contribution in [-0.4, -0.2) is 104 Å². The Hall–Kier alpha value is -6.73. The molecular weight excluding hydrogens is 889 g/mol. The van der Waals surface area contributed by atoms with Gasteiger partial charge in [-0.05, 0) is 80.5 Å². The third-order valence-corrected chi connectivity index (χ3v) is 13.5. The Morgan fingerprint density at radius 2 is 1.06 bits per heavy atom. The maximum absolute atomic E-state index is 12.6. The first-order chi connectivity index (χ1) is 30.8. The number of rotatable bonds is 17. The zero-order valence-corrected chi connectivity index (χ0v) is 36.5. The van der Waals surface area contributed by atoms with E-state index in [2.05, 4.69) is 25.1 Å². The number of carboxylic acids is 2. The summed E-state index contributed by atoms with van der Waals surface area (Å²) in [6, 6.07) is 16.9. The molecule has 0 bridgehead atoms. The molecule has 0 fully saturated rings. The van der Waals surface area contributed by atoms with Crippen LogP contribution in [0, 0.1) is 11.8 Å². The van der Waals surface area contributed by atoms with E-state index in [9.17, 15) is 55.8 Å². The summed E-state index contributed by atoms with van der Waals surface area (Å²) in [5.41, 5.74) is 17.2. The summed E-state index contributed by atoms with van der Waals surface area (Å²) in [6.45, 7) is 0.771. The third-order valence-electron chi connectivity index (χ3n) is 10.5. The number of benzene rings is 2. The fourth-order valence-electron chi connectivity index (χ4n) is 7.04. The van der Waals surface area contributed by atoms with Crippen molar-refractivity contribution in [3.63, 3.8) is 0 Å². The van der Waals surface area contributed by atoms with Gasteiger partial charge in [0.15, 0.2) is 5.96 Å².